The maximum absolute atomic E-state index is 13.5. The maximum atomic E-state index is 13.5. The van der Waals surface area contributed by atoms with E-state index in [4.69, 9.17) is 0 Å². The second-order valence-corrected chi connectivity index (χ2v) is 11.3. The summed E-state index contributed by atoms with van der Waals surface area (Å²) in [7, 11) is -4.05. The van der Waals surface area contributed by atoms with Crippen molar-refractivity contribution >= 4 is 49.1 Å². The van der Waals surface area contributed by atoms with Crippen molar-refractivity contribution in [2.75, 3.05) is 16.2 Å². The van der Waals surface area contributed by atoms with Gasteiger partial charge in [-0.3, -0.25) is 13.9 Å². The van der Waals surface area contributed by atoms with Crippen molar-refractivity contribution in [3.63, 3.8) is 0 Å². The van der Waals surface area contributed by atoms with Crippen LogP contribution in [0.5, 0.6) is 0 Å². The summed E-state index contributed by atoms with van der Waals surface area (Å²) in [6, 6.07) is 30.4. The number of rotatable bonds is 9. The number of carbonyl (C=O) groups is 2. The lowest BCUT2D eigenvalue weighted by molar-refractivity contribution is -0.114. The fourth-order valence-electron chi connectivity index (χ4n) is 3.85. The number of benzene rings is 4. The minimum atomic E-state index is -4.05. The third-order valence-corrected chi connectivity index (χ3v) is 8.14. The maximum Gasteiger partial charge on any atom is 0.264 e. The van der Waals surface area contributed by atoms with E-state index in [9.17, 15) is 18.0 Å². The molecule has 0 radical (unpaired) electrons. The van der Waals surface area contributed by atoms with Gasteiger partial charge < -0.3 is 10.6 Å². The smallest absolute Gasteiger partial charge is 0.264 e. The van der Waals surface area contributed by atoms with Crippen LogP contribution in [0.15, 0.2) is 119 Å². The zero-order valence-electron chi connectivity index (χ0n) is 20.5. The Morgan fingerprint density at radius 2 is 1.39 bits per heavy atom. The number of sulfonamides is 1. The molecule has 0 aliphatic rings. The van der Waals surface area contributed by atoms with Crippen LogP contribution in [0.4, 0.5) is 11.4 Å². The molecule has 4 aromatic rings. The molecular formula is C29H26BrN3O4S. The molecule has 7 nitrogen and oxygen atoms in total. The lowest BCUT2D eigenvalue weighted by atomic mass is 10.1. The van der Waals surface area contributed by atoms with Crippen molar-refractivity contribution in [1.82, 2.24) is 5.32 Å². The second-order valence-electron chi connectivity index (χ2n) is 8.50. The highest BCUT2D eigenvalue weighted by Gasteiger charge is 2.27. The first-order valence-corrected chi connectivity index (χ1v) is 14.1. The molecule has 194 valence electrons. The van der Waals surface area contributed by atoms with Crippen LogP contribution in [-0.2, 0) is 14.8 Å². The van der Waals surface area contributed by atoms with E-state index in [1.807, 2.05) is 37.3 Å². The molecule has 0 aliphatic heterocycles. The van der Waals surface area contributed by atoms with E-state index in [0.29, 0.717) is 5.69 Å². The number of halogens is 1. The molecule has 9 heteroatoms. The highest BCUT2D eigenvalue weighted by molar-refractivity contribution is 9.10. The molecule has 38 heavy (non-hydrogen) atoms. The van der Waals surface area contributed by atoms with Gasteiger partial charge in [-0.1, -0.05) is 76.6 Å². The molecule has 0 heterocycles. The van der Waals surface area contributed by atoms with Gasteiger partial charge >= 0.3 is 0 Å². The molecule has 2 N–H and O–H groups in total. The number of carbonyl (C=O) groups excluding carboxylic acids is 2. The van der Waals surface area contributed by atoms with E-state index in [0.717, 1.165) is 14.3 Å². The Bertz CT molecular complexity index is 1510. The van der Waals surface area contributed by atoms with Crippen LogP contribution in [0.25, 0.3) is 0 Å². The number of para-hydroxylation sites is 1. The standard InChI is InChI=1S/C29H26BrN3O4S/c1-21(22-10-4-2-5-11-22)31-29(35)26-14-8-9-15-27(26)32-28(34)20-33(24-18-16-23(30)17-19-24)38(36,37)25-12-6-3-7-13-25/h2-19,21H,20H2,1H3,(H,31,35)(H,32,34)/t21-/m1/s1. The SMILES string of the molecule is C[C@@H](NC(=O)c1ccccc1NC(=O)CN(c1ccc(Br)cc1)S(=O)(=O)c1ccccc1)c1ccccc1. The fraction of sp³-hybridized carbons (Fsp3) is 0.103. The minimum absolute atomic E-state index is 0.0606. The average molecular weight is 593 g/mol. The summed E-state index contributed by atoms with van der Waals surface area (Å²) in [6.45, 7) is 1.38. The highest BCUT2D eigenvalue weighted by Crippen LogP contribution is 2.26. The predicted octanol–water partition coefficient (Wildman–Crippen LogP) is 5.77. The molecule has 0 aromatic heterocycles. The number of hydrogen-bond acceptors (Lipinski definition) is 4. The molecule has 4 rings (SSSR count). The summed E-state index contributed by atoms with van der Waals surface area (Å²) < 4.78 is 28.8. The lowest BCUT2D eigenvalue weighted by Gasteiger charge is -2.24. The predicted molar refractivity (Wildman–Crippen MR) is 153 cm³/mol. The van der Waals surface area contributed by atoms with Gasteiger partial charge in [-0.05, 0) is 61.0 Å². The van der Waals surface area contributed by atoms with Crippen molar-refractivity contribution < 1.29 is 18.0 Å². The monoisotopic (exact) mass is 591 g/mol. The third kappa shape index (κ3) is 6.48. The van der Waals surface area contributed by atoms with Crippen LogP contribution in [0.1, 0.15) is 28.9 Å². The van der Waals surface area contributed by atoms with Crippen molar-refractivity contribution in [2.45, 2.75) is 17.9 Å². The number of hydrogen-bond donors (Lipinski definition) is 2. The summed E-state index contributed by atoms with van der Waals surface area (Å²) in [6.07, 6.45) is 0. The molecule has 0 saturated heterocycles. The first-order valence-electron chi connectivity index (χ1n) is 11.8. The molecule has 1 atom stereocenters. The molecule has 0 bridgehead atoms. The van der Waals surface area contributed by atoms with E-state index in [2.05, 4.69) is 26.6 Å². The van der Waals surface area contributed by atoms with Crippen LogP contribution >= 0.6 is 15.9 Å². The number of nitrogens with one attached hydrogen (secondary N) is 2. The quantitative estimate of drug-likeness (QED) is 0.258. The summed E-state index contributed by atoms with van der Waals surface area (Å²) in [5.41, 5.74) is 1.82. The number of nitrogens with zero attached hydrogens (tertiary/aromatic N) is 1. The van der Waals surface area contributed by atoms with Gasteiger partial charge in [-0.25, -0.2) is 8.42 Å². The van der Waals surface area contributed by atoms with E-state index >= 15 is 0 Å². The van der Waals surface area contributed by atoms with Crippen molar-refractivity contribution in [2.24, 2.45) is 0 Å². The zero-order valence-corrected chi connectivity index (χ0v) is 22.9. The van der Waals surface area contributed by atoms with E-state index in [-0.39, 0.29) is 28.1 Å². The highest BCUT2D eigenvalue weighted by atomic mass is 79.9. The van der Waals surface area contributed by atoms with Crippen LogP contribution in [0.3, 0.4) is 0 Å². The molecule has 0 fully saturated rings. The number of anilines is 2. The van der Waals surface area contributed by atoms with Crippen LogP contribution in [-0.4, -0.2) is 26.8 Å². The summed E-state index contributed by atoms with van der Waals surface area (Å²) >= 11 is 3.35. The minimum Gasteiger partial charge on any atom is -0.345 e. The molecule has 0 unspecified atom stereocenters. The zero-order chi connectivity index (χ0) is 27.1. The number of amides is 2. The van der Waals surface area contributed by atoms with Gasteiger partial charge in [0, 0.05) is 4.47 Å². The van der Waals surface area contributed by atoms with Crippen molar-refractivity contribution in [3.05, 3.63) is 125 Å². The van der Waals surface area contributed by atoms with Gasteiger partial charge in [0.25, 0.3) is 15.9 Å². The van der Waals surface area contributed by atoms with E-state index in [1.165, 1.54) is 12.1 Å². The molecule has 2 amide bonds. The van der Waals surface area contributed by atoms with Gasteiger partial charge in [0.2, 0.25) is 5.91 Å². The Morgan fingerprint density at radius 3 is 2.05 bits per heavy atom. The molecule has 4 aromatic carbocycles. The van der Waals surface area contributed by atoms with Gasteiger partial charge in [0.15, 0.2) is 0 Å². The lowest BCUT2D eigenvalue weighted by Crippen LogP contribution is -2.38. The Balaban J connectivity index is 1.57. The molecule has 0 aliphatic carbocycles. The molecule has 0 saturated carbocycles. The molecule has 0 spiro atoms. The normalized spacial score (nSPS) is 11.8. The van der Waals surface area contributed by atoms with E-state index in [1.54, 1.807) is 66.7 Å². The van der Waals surface area contributed by atoms with Crippen LogP contribution in [0.2, 0.25) is 0 Å². The first-order chi connectivity index (χ1) is 18.3. The van der Waals surface area contributed by atoms with Gasteiger partial charge in [0.1, 0.15) is 6.54 Å². The molecular weight excluding hydrogens is 566 g/mol. The van der Waals surface area contributed by atoms with Gasteiger partial charge in [-0.2, -0.15) is 0 Å². The second kappa shape index (κ2) is 12.1. The summed E-state index contributed by atoms with van der Waals surface area (Å²) in [5.74, 6) is -0.956. The fourth-order valence-corrected chi connectivity index (χ4v) is 5.56. The summed E-state index contributed by atoms with van der Waals surface area (Å²) in [5, 5.41) is 5.67. The Morgan fingerprint density at radius 1 is 0.816 bits per heavy atom. The van der Waals surface area contributed by atoms with Crippen molar-refractivity contribution in [1.29, 1.82) is 0 Å². The topological polar surface area (TPSA) is 95.6 Å². The Kier molecular flexibility index (Phi) is 8.60. The van der Waals surface area contributed by atoms with Gasteiger partial charge in [0.05, 0.1) is 27.9 Å². The summed E-state index contributed by atoms with van der Waals surface area (Å²) in [4.78, 5) is 26.3. The third-order valence-electron chi connectivity index (χ3n) is 5.83. The first kappa shape index (κ1) is 27.1. The van der Waals surface area contributed by atoms with Crippen LogP contribution < -0.4 is 14.9 Å². The van der Waals surface area contributed by atoms with E-state index < -0.39 is 22.5 Å². The average Bonchev–Trinajstić information content (AvgIpc) is 2.93. The van der Waals surface area contributed by atoms with Crippen LogP contribution in [0, 0.1) is 0 Å². The van der Waals surface area contributed by atoms with Gasteiger partial charge in [-0.15, -0.1) is 0 Å². The Hall–Kier alpha value is -3.95. The largest absolute Gasteiger partial charge is 0.345 e. The van der Waals surface area contributed by atoms with Crippen molar-refractivity contribution in [3.8, 4) is 0 Å². The Labute approximate surface area is 230 Å².